The van der Waals surface area contributed by atoms with E-state index in [1.165, 1.54) is 18.7 Å². The molecule has 1 heterocycles. The number of ketones is 1. The monoisotopic (exact) mass is 381 g/mol. The quantitative estimate of drug-likeness (QED) is 0.520. The average molecular weight is 381 g/mol. The molecule has 0 aliphatic carbocycles. The number of Topliss-reactive ketones (excluding diaryl/α,β-unsaturated/α-hetero) is 1. The first-order chi connectivity index (χ1) is 12.9. The number of hydrogen-bond acceptors (Lipinski definition) is 6. The number of benzene rings is 2. The summed E-state index contributed by atoms with van der Waals surface area (Å²) in [5.74, 6) is -0.186. The number of aryl methyl sites for hydroxylation is 1. The number of amides is 1. The minimum Gasteiger partial charge on any atom is -0.326 e. The van der Waals surface area contributed by atoms with Crippen LogP contribution in [0.3, 0.4) is 0 Å². The van der Waals surface area contributed by atoms with Gasteiger partial charge in [0.05, 0.1) is 10.9 Å². The lowest BCUT2D eigenvalue weighted by Crippen LogP contribution is -2.15. The minimum absolute atomic E-state index is 0.0344. The van der Waals surface area contributed by atoms with Crippen molar-refractivity contribution < 1.29 is 9.59 Å². The summed E-state index contributed by atoms with van der Waals surface area (Å²) >= 11 is 1.30. The Morgan fingerprint density at radius 3 is 2.37 bits per heavy atom. The van der Waals surface area contributed by atoms with Crippen LogP contribution in [-0.2, 0) is 4.79 Å². The Morgan fingerprint density at radius 2 is 1.74 bits per heavy atom. The van der Waals surface area contributed by atoms with Crippen molar-refractivity contribution >= 4 is 29.1 Å². The van der Waals surface area contributed by atoms with E-state index >= 15 is 0 Å². The van der Waals surface area contributed by atoms with Gasteiger partial charge in [-0.15, -0.1) is 5.10 Å². The molecule has 7 nitrogen and oxygen atoms in total. The number of rotatable bonds is 6. The first kappa shape index (κ1) is 18.8. The third-order valence-electron chi connectivity index (χ3n) is 3.86. The van der Waals surface area contributed by atoms with Crippen molar-refractivity contribution in [1.82, 2.24) is 20.2 Å². The Labute approximate surface area is 161 Å². The van der Waals surface area contributed by atoms with Crippen LogP contribution in [0.1, 0.15) is 29.8 Å². The predicted octanol–water partition coefficient (Wildman–Crippen LogP) is 3.29. The van der Waals surface area contributed by atoms with Gasteiger partial charge in [-0.1, -0.05) is 29.5 Å². The maximum atomic E-state index is 12.7. The van der Waals surface area contributed by atoms with Crippen LogP contribution in [0.2, 0.25) is 0 Å². The number of aromatic nitrogens is 4. The van der Waals surface area contributed by atoms with Crippen LogP contribution in [0.15, 0.2) is 53.7 Å². The van der Waals surface area contributed by atoms with Crippen molar-refractivity contribution in [3.63, 3.8) is 0 Å². The Morgan fingerprint density at radius 1 is 1.07 bits per heavy atom. The number of carbonyl (C=O) groups is 2. The highest BCUT2D eigenvalue weighted by molar-refractivity contribution is 8.00. The van der Waals surface area contributed by atoms with Gasteiger partial charge in [0, 0.05) is 18.2 Å². The number of anilines is 1. The molecule has 1 unspecified atom stereocenters. The van der Waals surface area contributed by atoms with Gasteiger partial charge < -0.3 is 5.32 Å². The zero-order valence-corrected chi connectivity index (χ0v) is 16.0. The highest BCUT2D eigenvalue weighted by atomic mass is 32.2. The van der Waals surface area contributed by atoms with Crippen molar-refractivity contribution in [2.45, 2.75) is 31.2 Å². The smallest absolute Gasteiger partial charge is 0.221 e. The van der Waals surface area contributed by atoms with Gasteiger partial charge in [0.25, 0.3) is 0 Å². The van der Waals surface area contributed by atoms with E-state index in [9.17, 15) is 9.59 Å². The largest absolute Gasteiger partial charge is 0.326 e. The molecule has 0 saturated carbocycles. The molecule has 1 aromatic heterocycles. The average Bonchev–Trinajstić information content (AvgIpc) is 3.10. The van der Waals surface area contributed by atoms with Gasteiger partial charge in [-0.3, -0.25) is 9.59 Å². The highest BCUT2D eigenvalue weighted by Crippen LogP contribution is 2.25. The molecule has 0 bridgehead atoms. The fourth-order valence-electron chi connectivity index (χ4n) is 2.47. The SMILES string of the molecule is CC(=O)Nc1ccc(C(=O)C(C)Sc2nnnn2-c2ccc(C)cc2)cc1. The summed E-state index contributed by atoms with van der Waals surface area (Å²) in [6, 6.07) is 14.7. The Hall–Kier alpha value is -3.00. The Bertz CT molecular complexity index is 951. The van der Waals surface area contributed by atoms with Gasteiger partial charge in [-0.05, 0) is 60.7 Å². The maximum absolute atomic E-state index is 12.7. The minimum atomic E-state index is -0.369. The van der Waals surface area contributed by atoms with E-state index in [0.29, 0.717) is 16.4 Å². The van der Waals surface area contributed by atoms with Crippen LogP contribution in [-0.4, -0.2) is 37.1 Å². The molecular formula is C19H19N5O2S. The van der Waals surface area contributed by atoms with Gasteiger partial charge in [-0.2, -0.15) is 4.68 Å². The normalized spacial score (nSPS) is 11.8. The van der Waals surface area contributed by atoms with Crippen molar-refractivity contribution in [2.24, 2.45) is 0 Å². The second-order valence-corrected chi connectivity index (χ2v) is 7.40. The fraction of sp³-hybridized carbons (Fsp3) is 0.211. The molecule has 138 valence electrons. The lowest BCUT2D eigenvalue weighted by molar-refractivity contribution is -0.114. The van der Waals surface area contributed by atoms with Crippen LogP contribution in [0.4, 0.5) is 5.69 Å². The van der Waals surface area contributed by atoms with E-state index in [1.807, 2.05) is 38.1 Å². The zero-order valence-electron chi connectivity index (χ0n) is 15.2. The van der Waals surface area contributed by atoms with E-state index < -0.39 is 0 Å². The van der Waals surface area contributed by atoms with Crippen LogP contribution in [0.5, 0.6) is 0 Å². The first-order valence-corrected chi connectivity index (χ1v) is 9.26. The Kier molecular flexibility index (Phi) is 5.66. The molecule has 27 heavy (non-hydrogen) atoms. The first-order valence-electron chi connectivity index (χ1n) is 8.38. The van der Waals surface area contributed by atoms with Gasteiger partial charge >= 0.3 is 0 Å². The fourth-order valence-corrected chi connectivity index (χ4v) is 3.35. The molecule has 8 heteroatoms. The third-order valence-corrected chi connectivity index (χ3v) is 4.89. The van der Waals surface area contributed by atoms with Crippen molar-refractivity contribution in [3.05, 3.63) is 59.7 Å². The van der Waals surface area contributed by atoms with Crippen LogP contribution in [0, 0.1) is 6.92 Å². The van der Waals surface area contributed by atoms with Crippen LogP contribution >= 0.6 is 11.8 Å². The molecule has 3 rings (SSSR count). The Balaban J connectivity index is 1.73. The summed E-state index contributed by atoms with van der Waals surface area (Å²) < 4.78 is 1.62. The van der Waals surface area contributed by atoms with E-state index in [0.717, 1.165) is 11.3 Å². The predicted molar refractivity (Wildman–Crippen MR) is 104 cm³/mol. The van der Waals surface area contributed by atoms with Crippen molar-refractivity contribution in [3.8, 4) is 5.69 Å². The van der Waals surface area contributed by atoms with Crippen LogP contribution < -0.4 is 5.32 Å². The molecule has 3 aromatic rings. The molecule has 0 aliphatic heterocycles. The summed E-state index contributed by atoms with van der Waals surface area (Å²) in [6.45, 7) is 5.27. The topological polar surface area (TPSA) is 89.8 Å². The van der Waals surface area contributed by atoms with Gasteiger partial charge in [0.2, 0.25) is 11.1 Å². The van der Waals surface area contributed by atoms with E-state index in [4.69, 9.17) is 0 Å². The van der Waals surface area contributed by atoms with Gasteiger partial charge in [0.1, 0.15) is 0 Å². The van der Waals surface area contributed by atoms with Gasteiger partial charge in [0.15, 0.2) is 5.78 Å². The molecule has 1 N–H and O–H groups in total. The molecule has 0 fully saturated rings. The lowest BCUT2D eigenvalue weighted by Gasteiger charge is -2.11. The molecule has 0 saturated heterocycles. The number of nitrogens with zero attached hydrogens (tertiary/aromatic N) is 4. The number of carbonyl (C=O) groups excluding carboxylic acids is 2. The van der Waals surface area contributed by atoms with E-state index in [2.05, 4.69) is 20.8 Å². The molecule has 0 radical (unpaired) electrons. The number of tetrazole rings is 1. The molecule has 1 atom stereocenters. The zero-order chi connectivity index (χ0) is 19.4. The van der Waals surface area contributed by atoms with Gasteiger partial charge in [-0.25, -0.2) is 0 Å². The molecular weight excluding hydrogens is 362 g/mol. The molecule has 0 spiro atoms. The van der Waals surface area contributed by atoms with E-state index in [1.54, 1.807) is 28.9 Å². The number of hydrogen-bond donors (Lipinski definition) is 1. The maximum Gasteiger partial charge on any atom is 0.221 e. The second-order valence-electron chi connectivity index (χ2n) is 6.09. The van der Waals surface area contributed by atoms with E-state index in [-0.39, 0.29) is 16.9 Å². The standard InChI is InChI=1S/C19H19N5O2S/c1-12-4-10-17(11-5-12)24-19(21-22-23-24)27-13(2)18(26)15-6-8-16(9-7-15)20-14(3)25/h4-11,13H,1-3H3,(H,20,25). The summed E-state index contributed by atoms with van der Waals surface area (Å²) in [5, 5.41) is 14.7. The number of thioether (sulfide) groups is 1. The molecule has 0 aliphatic rings. The lowest BCUT2D eigenvalue weighted by atomic mass is 10.1. The summed E-state index contributed by atoms with van der Waals surface area (Å²) in [7, 11) is 0. The summed E-state index contributed by atoms with van der Waals surface area (Å²) in [4.78, 5) is 23.8. The number of nitrogens with one attached hydrogen (secondary N) is 1. The highest BCUT2D eigenvalue weighted by Gasteiger charge is 2.20. The summed E-state index contributed by atoms with van der Waals surface area (Å²) in [6.07, 6.45) is 0. The third kappa shape index (κ3) is 4.59. The molecule has 2 aromatic carbocycles. The second kappa shape index (κ2) is 8.13. The van der Waals surface area contributed by atoms with Crippen molar-refractivity contribution in [1.29, 1.82) is 0 Å². The van der Waals surface area contributed by atoms with Crippen LogP contribution in [0.25, 0.3) is 5.69 Å². The van der Waals surface area contributed by atoms with Crippen molar-refractivity contribution in [2.75, 3.05) is 5.32 Å². The molecule has 1 amide bonds. The summed E-state index contributed by atoms with van der Waals surface area (Å²) in [5.41, 5.74) is 3.21.